The van der Waals surface area contributed by atoms with Gasteiger partial charge in [0.1, 0.15) is 30.5 Å². The van der Waals surface area contributed by atoms with Gasteiger partial charge in [-0.2, -0.15) is 0 Å². The van der Waals surface area contributed by atoms with Crippen molar-refractivity contribution in [2.75, 3.05) is 56.4 Å². The standard InChI is InChI=1S/C40H54O15/c1-19(11-22-12-25(45-4)39(26(13-22)46-5)55-40-34(44)33(43)32(42)31(18-41)53-40)52-38-29(49-8)16-24(17-30(38)50-9)36-21(3)20(2)35(54-36)23-14-27(47-6)37(51-10)28(15-23)48-7/h12-17,19-21,31-36,40-44H,11,18H2,1-10H3/t19-,20+,21+,31+,32-,33+,34+,35-,36+,40+/m0/s1. The molecule has 3 aromatic carbocycles. The summed E-state index contributed by atoms with van der Waals surface area (Å²) in [6.07, 6.45) is -7.93. The molecule has 5 rings (SSSR count). The fourth-order valence-corrected chi connectivity index (χ4v) is 7.19. The van der Waals surface area contributed by atoms with Crippen molar-refractivity contribution >= 4 is 0 Å². The lowest BCUT2D eigenvalue weighted by atomic mass is 9.85. The molecule has 0 amide bonds. The van der Waals surface area contributed by atoms with E-state index in [9.17, 15) is 20.4 Å². The molecular formula is C40H54O15. The molecule has 0 bridgehead atoms. The number of rotatable bonds is 16. The Balaban J connectivity index is 1.36. The van der Waals surface area contributed by atoms with Gasteiger partial charge >= 0.3 is 0 Å². The summed E-state index contributed by atoms with van der Waals surface area (Å²) in [5.74, 6) is 3.82. The number of ether oxygens (including phenoxy) is 11. The molecule has 0 radical (unpaired) electrons. The molecule has 0 aromatic heterocycles. The van der Waals surface area contributed by atoms with Gasteiger partial charge in [0.05, 0.1) is 68.6 Å². The van der Waals surface area contributed by atoms with Crippen LogP contribution in [0.1, 0.15) is 49.7 Å². The summed E-state index contributed by atoms with van der Waals surface area (Å²) in [6.45, 7) is 5.61. The second-order valence-electron chi connectivity index (χ2n) is 13.7. The van der Waals surface area contributed by atoms with Crippen molar-refractivity contribution in [2.45, 2.75) is 76.2 Å². The lowest BCUT2D eigenvalue weighted by Crippen LogP contribution is -2.60. The minimum Gasteiger partial charge on any atom is -0.493 e. The van der Waals surface area contributed by atoms with Crippen LogP contribution in [0.25, 0.3) is 0 Å². The average molecular weight is 775 g/mol. The van der Waals surface area contributed by atoms with Gasteiger partial charge in [-0.15, -0.1) is 0 Å². The molecular weight excluding hydrogens is 720 g/mol. The summed E-state index contributed by atoms with van der Waals surface area (Å²) in [7, 11) is 10.8. The number of hydrogen-bond acceptors (Lipinski definition) is 15. The fraction of sp³-hybridized carbons (Fsp3) is 0.550. The van der Waals surface area contributed by atoms with E-state index in [1.165, 1.54) is 14.2 Å². The highest BCUT2D eigenvalue weighted by molar-refractivity contribution is 5.57. The van der Waals surface area contributed by atoms with E-state index >= 15 is 0 Å². The first kappa shape index (κ1) is 41.8. The van der Waals surface area contributed by atoms with E-state index in [1.807, 2.05) is 31.2 Å². The van der Waals surface area contributed by atoms with Crippen LogP contribution in [-0.4, -0.2) is 114 Å². The van der Waals surface area contributed by atoms with Crippen LogP contribution >= 0.6 is 0 Å². The summed E-state index contributed by atoms with van der Waals surface area (Å²) in [6, 6.07) is 11.1. The normalized spacial score (nSPS) is 26.8. The molecule has 0 aliphatic carbocycles. The number of aliphatic hydroxyl groups excluding tert-OH is 4. The summed E-state index contributed by atoms with van der Waals surface area (Å²) >= 11 is 0. The van der Waals surface area contributed by atoms with Crippen molar-refractivity contribution in [2.24, 2.45) is 11.8 Å². The predicted molar refractivity (Wildman–Crippen MR) is 198 cm³/mol. The maximum Gasteiger partial charge on any atom is 0.229 e. The Bertz CT molecular complexity index is 1670. The van der Waals surface area contributed by atoms with Gasteiger partial charge < -0.3 is 72.5 Å². The number of benzene rings is 3. The second kappa shape index (κ2) is 18.0. The van der Waals surface area contributed by atoms with Crippen molar-refractivity contribution in [3.8, 4) is 51.7 Å². The van der Waals surface area contributed by atoms with E-state index in [4.69, 9.17) is 52.1 Å². The van der Waals surface area contributed by atoms with E-state index in [1.54, 1.807) is 47.7 Å². The van der Waals surface area contributed by atoms with Crippen LogP contribution in [0.3, 0.4) is 0 Å². The van der Waals surface area contributed by atoms with Gasteiger partial charge in [0.15, 0.2) is 34.5 Å². The SMILES string of the molecule is COc1cc([C@H]2O[C@@H](c3cc(OC)c(O[C@@H](C)Cc4cc(OC)c(O[C@H]5O[C@H](CO)[C@H](O)[C@@H](O)[C@H]5O)c(OC)c4)c(OC)c3)[C@H](C)[C@H]2C)cc(OC)c1OC. The van der Waals surface area contributed by atoms with E-state index in [0.29, 0.717) is 40.9 Å². The Kier molecular flexibility index (Phi) is 13.7. The third-order valence-electron chi connectivity index (χ3n) is 10.3. The van der Waals surface area contributed by atoms with Crippen LogP contribution in [0, 0.1) is 11.8 Å². The van der Waals surface area contributed by atoms with Gasteiger partial charge in [-0.25, -0.2) is 0 Å². The second-order valence-corrected chi connectivity index (χ2v) is 13.7. The van der Waals surface area contributed by atoms with Crippen molar-refractivity contribution in [3.05, 3.63) is 53.1 Å². The first-order chi connectivity index (χ1) is 26.4. The molecule has 2 aliphatic rings. The zero-order valence-corrected chi connectivity index (χ0v) is 32.9. The zero-order valence-electron chi connectivity index (χ0n) is 32.9. The number of hydrogen-bond donors (Lipinski definition) is 4. The molecule has 2 fully saturated rings. The first-order valence-corrected chi connectivity index (χ1v) is 18.0. The molecule has 4 N–H and O–H groups in total. The van der Waals surface area contributed by atoms with Gasteiger partial charge in [-0.1, -0.05) is 13.8 Å². The smallest absolute Gasteiger partial charge is 0.229 e. The number of methoxy groups -OCH3 is 7. The Morgan fingerprint density at radius 1 is 0.564 bits per heavy atom. The van der Waals surface area contributed by atoms with Crippen LogP contribution in [0.15, 0.2) is 36.4 Å². The molecule has 0 saturated carbocycles. The van der Waals surface area contributed by atoms with E-state index in [2.05, 4.69) is 13.8 Å². The van der Waals surface area contributed by atoms with Crippen LogP contribution < -0.4 is 42.6 Å². The van der Waals surface area contributed by atoms with E-state index in [-0.39, 0.29) is 41.3 Å². The summed E-state index contributed by atoms with van der Waals surface area (Å²) < 4.78 is 64.4. The molecule has 55 heavy (non-hydrogen) atoms. The van der Waals surface area contributed by atoms with Gasteiger partial charge in [-0.3, -0.25) is 0 Å². The van der Waals surface area contributed by atoms with Crippen molar-refractivity contribution < 1.29 is 72.5 Å². The molecule has 15 heteroatoms. The quantitative estimate of drug-likeness (QED) is 0.164. The van der Waals surface area contributed by atoms with Gasteiger partial charge in [0.2, 0.25) is 23.5 Å². The summed E-state index contributed by atoms with van der Waals surface area (Å²) in [5.41, 5.74) is 2.54. The van der Waals surface area contributed by atoms with Crippen LogP contribution in [0.2, 0.25) is 0 Å². The average Bonchev–Trinajstić information content (AvgIpc) is 3.50. The van der Waals surface area contributed by atoms with Crippen LogP contribution in [0.5, 0.6) is 51.7 Å². The molecule has 15 nitrogen and oxygen atoms in total. The molecule has 10 atom stereocenters. The lowest BCUT2D eigenvalue weighted by molar-refractivity contribution is -0.277. The first-order valence-electron chi connectivity index (χ1n) is 18.0. The Morgan fingerprint density at radius 2 is 1.00 bits per heavy atom. The lowest BCUT2D eigenvalue weighted by Gasteiger charge is -2.39. The highest BCUT2D eigenvalue weighted by Gasteiger charge is 2.45. The highest BCUT2D eigenvalue weighted by Crippen LogP contribution is 2.53. The van der Waals surface area contributed by atoms with E-state index < -0.39 is 43.4 Å². The van der Waals surface area contributed by atoms with Gasteiger partial charge in [-0.05, 0) is 71.8 Å². The molecule has 3 aromatic rings. The van der Waals surface area contributed by atoms with Crippen molar-refractivity contribution in [1.82, 2.24) is 0 Å². The highest BCUT2D eigenvalue weighted by atomic mass is 16.7. The Labute approximate surface area is 321 Å². The van der Waals surface area contributed by atoms with E-state index in [0.717, 1.165) is 16.7 Å². The molecule has 2 saturated heterocycles. The maximum atomic E-state index is 10.5. The maximum absolute atomic E-state index is 10.5. The number of aliphatic hydroxyl groups is 4. The van der Waals surface area contributed by atoms with Gasteiger partial charge in [0.25, 0.3) is 0 Å². The molecule has 0 spiro atoms. The van der Waals surface area contributed by atoms with Gasteiger partial charge in [0, 0.05) is 6.42 Å². The van der Waals surface area contributed by atoms with Crippen molar-refractivity contribution in [3.63, 3.8) is 0 Å². The predicted octanol–water partition coefficient (Wildman–Crippen LogP) is 4.02. The fourth-order valence-electron chi connectivity index (χ4n) is 7.19. The summed E-state index contributed by atoms with van der Waals surface area (Å²) in [4.78, 5) is 0. The van der Waals surface area contributed by atoms with Crippen LogP contribution in [0.4, 0.5) is 0 Å². The zero-order chi connectivity index (χ0) is 40.1. The Hall–Kier alpha value is -4.38. The molecule has 0 unspecified atom stereocenters. The monoisotopic (exact) mass is 774 g/mol. The van der Waals surface area contributed by atoms with Crippen LogP contribution in [-0.2, 0) is 15.9 Å². The minimum absolute atomic E-state index is 0.0933. The largest absolute Gasteiger partial charge is 0.493 e. The third kappa shape index (κ3) is 8.42. The topological polar surface area (TPSA) is 182 Å². The molecule has 2 aliphatic heterocycles. The minimum atomic E-state index is -1.62. The van der Waals surface area contributed by atoms with Crippen molar-refractivity contribution in [1.29, 1.82) is 0 Å². The molecule has 304 valence electrons. The summed E-state index contributed by atoms with van der Waals surface area (Å²) in [5, 5.41) is 40.6. The Morgan fingerprint density at radius 3 is 1.42 bits per heavy atom. The third-order valence-corrected chi connectivity index (χ3v) is 10.3. The molecule has 2 heterocycles.